The molecule has 0 aromatic heterocycles. The number of nitrogens with zero attached hydrogens (tertiary/aromatic N) is 1. The van der Waals surface area contributed by atoms with Gasteiger partial charge in [-0.25, -0.2) is 0 Å². The van der Waals surface area contributed by atoms with Crippen molar-refractivity contribution >= 4 is 27.8 Å². The molecule has 0 spiro atoms. The van der Waals surface area contributed by atoms with Crippen LogP contribution in [0.1, 0.15) is 22.8 Å². The Hall–Kier alpha value is -1.36. The smallest absolute Gasteiger partial charge is 0.310 e. The molecule has 0 aliphatic rings. The third-order valence-electron chi connectivity index (χ3n) is 2.79. The molecule has 104 valence electrons. The van der Waals surface area contributed by atoms with E-state index in [0.717, 1.165) is 10.0 Å². The summed E-state index contributed by atoms with van der Waals surface area (Å²) in [6.45, 7) is 4.00. The van der Waals surface area contributed by atoms with Crippen LogP contribution >= 0.6 is 15.9 Å². The van der Waals surface area contributed by atoms with Gasteiger partial charge in [-0.05, 0) is 30.7 Å². The third-order valence-corrected chi connectivity index (χ3v) is 3.24. The molecule has 1 atom stereocenters. The molecule has 0 aliphatic heterocycles. The third kappa shape index (κ3) is 4.35. The Morgan fingerprint density at radius 3 is 2.53 bits per heavy atom. The van der Waals surface area contributed by atoms with Crippen molar-refractivity contribution in [3.8, 4) is 0 Å². The van der Waals surface area contributed by atoms with Crippen molar-refractivity contribution in [1.82, 2.24) is 4.90 Å². The van der Waals surface area contributed by atoms with Gasteiger partial charge in [-0.3, -0.25) is 9.59 Å². The van der Waals surface area contributed by atoms with Crippen LogP contribution < -0.4 is 0 Å². The van der Waals surface area contributed by atoms with Gasteiger partial charge in [0.25, 0.3) is 5.91 Å². The second kappa shape index (κ2) is 6.70. The number of hydrogen-bond donors (Lipinski definition) is 0. The fourth-order valence-corrected chi connectivity index (χ4v) is 2.46. The second-order valence-electron chi connectivity index (χ2n) is 4.63. The van der Waals surface area contributed by atoms with E-state index >= 15 is 0 Å². The van der Waals surface area contributed by atoms with Crippen LogP contribution in [0.3, 0.4) is 0 Å². The molecule has 0 fully saturated rings. The molecule has 0 saturated heterocycles. The topological polar surface area (TPSA) is 46.6 Å². The van der Waals surface area contributed by atoms with Crippen LogP contribution in [0.15, 0.2) is 22.7 Å². The first-order chi connectivity index (χ1) is 8.85. The summed E-state index contributed by atoms with van der Waals surface area (Å²) in [5.74, 6) is -0.766. The molecule has 1 aromatic carbocycles. The number of hydrogen-bond acceptors (Lipinski definition) is 3. The molecule has 4 nitrogen and oxygen atoms in total. The number of benzene rings is 1. The lowest BCUT2D eigenvalue weighted by molar-refractivity contribution is -0.145. The number of ether oxygens (including phenoxy) is 1. The van der Waals surface area contributed by atoms with Crippen LogP contribution in [0, 0.1) is 12.8 Å². The summed E-state index contributed by atoms with van der Waals surface area (Å²) in [5.41, 5.74) is 1.61. The molecule has 0 radical (unpaired) electrons. The van der Waals surface area contributed by atoms with Gasteiger partial charge in [0.15, 0.2) is 0 Å². The lowest BCUT2D eigenvalue weighted by atomic mass is 10.1. The molecule has 0 heterocycles. The average molecular weight is 328 g/mol. The largest absolute Gasteiger partial charge is 0.469 e. The van der Waals surface area contributed by atoms with Crippen molar-refractivity contribution < 1.29 is 14.3 Å². The van der Waals surface area contributed by atoms with E-state index < -0.39 is 0 Å². The van der Waals surface area contributed by atoms with Crippen LogP contribution in [-0.4, -0.2) is 37.5 Å². The van der Waals surface area contributed by atoms with Gasteiger partial charge in [0.2, 0.25) is 0 Å². The normalized spacial score (nSPS) is 11.8. The second-order valence-corrected chi connectivity index (χ2v) is 5.54. The van der Waals surface area contributed by atoms with Crippen LogP contribution in [0.4, 0.5) is 0 Å². The van der Waals surface area contributed by atoms with Crippen molar-refractivity contribution in [2.24, 2.45) is 5.92 Å². The first-order valence-electron chi connectivity index (χ1n) is 5.95. The van der Waals surface area contributed by atoms with Crippen molar-refractivity contribution in [2.75, 3.05) is 20.7 Å². The Morgan fingerprint density at radius 2 is 2.00 bits per heavy atom. The molecular weight excluding hydrogens is 310 g/mol. The summed E-state index contributed by atoms with van der Waals surface area (Å²) < 4.78 is 5.52. The zero-order valence-electron chi connectivity index (χ0n) is 11.6. The van der Waals surface area contributed by atoms with E-state index in [1.165, 1.54) is 12.0 Å². The predicted octanol–water partition coefficient (Wildman–Crippen LogP) is 2.64. The summed E-state index contributed by atoms with van der Waals surface area (Å²) in [4.78, 5) is 25.1. The molecule has 0 saturated carbocycles. The van der Waals surface area contributed by atoms with Gasteiger partial charge in [-0.1, -0.05) is 22.9 Å². The highest BCUT2D eigenvalue weighted by Gasteiger charge is 2.19. The Balaban J connectivity index is 2.79. The molecule has 5 heteroatoms. The van der Waals surface area contributed by atoms with Crippen molar-refractivity contribution in [3.05, 3.63) is 33.8 Å². The van der Waals surface area contributed by atoms with E-state index in [0.29, 0.717) is 12.1 Å². The highest BCUT2D eigenvalue weighted by atomic mass is 79.9. The fraction of sp³-hybridized carbons (Fsp3) is 0.429. The summed E-state index contributed by atoms with van der Waals surface area (Å²) >= 11 is 3.37. The maximum Gasteiger partial charge on any atom is 0.310 e. The minimum atomic E-state index is -0.341. The van der Waals surface area contributed by atoms with Gasteiger partial charge >= 0.3 is 5.97 Å². The quantitative estimate of drug-likeness (QED) is 0.799. The molecule has 1 aromatic rings. The standard InChI is InChI=1S/C14H18BrNO3/c1-9-5-11(7-12(15)6-9)13(17)16(3)8-10(2)14(18)19-4/h5-7,10H,8H2,1-4H3/t10-/m0/s1. The van der Waals surface area contributed by atoms with E-state index in [9.17, 15) is 9.59 Å². The van der Waals surface area contributed by atoms with Gasteiger partial charge in [0, 0.05) is 23.6 Å². The first kappa shape index (κ1) is 15.7. The Kier molecular flexibility index (Phi) is 5.54. The van der Waals surface area contributed by atoms with Crippen LogP contribution in [0.5, 0.6) is 0 Å². The number of aryl methyl sites for hydroxylation is 1. The van der Waals surface area contributed by atoms with E-state index in [1.807, 2.05) is 19.1 Å². The van der Waals surface area contributed by atoms with E-state index in [1.54, 1.807) is 20.0 Å². The van der Waals surface area contributed by atoms with Gasteiger partial charge in [0.1, 0.15) is 0 Å². The molecule has 1 amide bonds. The van der Waals surface area contributed by atoms with Gasteiger partial charge in [-0.2, -0.15) is 0 Å². The SMILES string of the molecule is COC(=O)[C@@H](C)CN(C)C(=O)c1cc(C)cc(Br)c1. The number of carbonyl (C=O) groups excluding carboxylic acids is 2. The van der Waals surface area contributed by atoms with Crippen LogP contribution in [0.25, 0.3) is 0 Å². The van der Waals surface area contributed by atoms with Gasteiger partial charge in [-0.15, -0.1) is 0 Å². The van der Waals surface area contributed by atoms with Crippen LogP contribution in [0.2, 0.25) is 0 Å². The van der Waals surface area contributed by atoms with E-state index in [-0.39, 0.29) is 17.8 Å². The molecule has 0 bridgehead atoms. The summed E-state index contributed by atoms with van der Waals surface area (Å²) in [7, 11) is 3.02. The van der Waals surface area contributed by atoms with Gasteiger partial charge in [0.05, 0.1) is 13.0 Å². The van der Waals surface area contributed by atoms with Gasteiger partial charge < -0.3 is 9.64 Å². The molecular formula is C14H18BrNO3. The zero-order valence-corrected chi connectivity index (χ0v) is 13.2. The maximum atomic E-state index is 12.2. The molecule has 0 N–H and O–H groups in total. The first-order valence-corrected chi connectivity index (χ1v) is 6.75. The van der Waals surface area contributed by atoms with Crippen molar-refractivity contribution in [3.63, 3.8) is 0 Å². The monoisotopic (exact) mass is 327 g/mol. The fourth-order valence-electron chi connectivity index (χ4n) is 1.85. The van der Waals surface area contributed by atoms with Crippen LogP contribution in [-0.2, 0) is 9.53 Å². The highest BCUT2D eigenvalue weighted by Crippen LogP contribution is 2.17. The zero-order chi connectivity index (χ0) is 14.6. The maximum absolute atomic E-state index is 12.2. The van der Waals surface area contributed by atoms with Crippen molar-refractivity contribution in [2.45, 2.75) is 13.8 Å². The lowest BCUT2D eigenvalue weighted by Crippen LogP contribution is -2.34. The number of methoxy groups -OCH3 is 1. The Bertz CT molecular complexity index is 467. The molecule has 1 rings (SSSR count). The highest BCUT2D eigenvalue weighted by molar-refractivity contribution is 9.10. The summed E-state index contributed by atoms with van der Waals surface area (Å²) in [6.07, 6.45) is 0. The predicted molar refractivity (Wildman–Crippen MR) is 77.0 cm³/mol. The number of halogens is 1. The number of amides is 1. The summed E-state index contributed by atoms with van der Waals surface area (Å²) in [5, 5.41) is 0. The number of rotatable bonds is 4. The Morgan fingerprint density at radius 1 is 1.37 bits per heavy atom. The van der Waals surface area contributed by atoms with Crippen molar-refractivity contribution in [1.29, 1.82) is 0 Å². The lowest BCUT2D eigenvalue weighted by Gasteiger charge is -2.20. The minimum Gasteiger partial charge on any atom is -0.469 e. The molecule has 0 aliphatic carbocycles. The molecule has 19 heavy (non-hydrogen) atoms. The number of esters is 1. The van der Waals surface area contributed by atoms with E-state index in [4.69, 9.17) is 0 Å². The Labute approximate surface area is 121 Å². The average Bonchev–Trinajstić information content (AvgIpc) is 2.35. The number of carbonyl (C=O) groups is 2. The summed E-state index contributed by atoms with van der Waals surface area (Å²) in [6, 6.07) is 5.54. The van der Waals surface area contributed by atoms with E-state index in [2.05, 4.69) is 20.7 Å². The molecule has 0 unspecified atom stereocenters. The minimum absolute atomic E-state index is 0.111.